The van der Waals surface area contributed by atoms with Gasteiger partial charge in [0.05, 0.1) is 6.10 Å². The van der Waals surface area contributed by atoms with Crippen LogP contribution in [0.1, 0.15) is 33.1 Å². The van der Waals surface area contributed by atoms with Gasteiger partial charge in [-0.15, -0.1) is 0 Å². The molecule has 0 aromatic heterocycles. The maximum Gasteiger partial charge on any atom is 0.0552 e. The Kier molecular flexibility index (Phi) is 2.61. The molecule has 3 atom stereocenters. The van der Waals surface area contributed by atoms with Crippen molar-refractivity contribution in [2.45, 2.75) is 39.2 Å². The molecule has 2 aliphatic rings. The lowest BCUT2D eigenvalue weighted by Gasteiger charge is -2.28. The minimum absolute atomic E-state index is 0.500. The Labute approximate surface area is 81.0 Å². The van der Waals surface area contributed by atoms with Crippen molar-refractivity contribution in [3.05, 3.63) is 0 Å². The molecule has 1 aliphatic carbocycles. The molecule has 1 spiro atoms. The van der Waals surface area contributed by atoms with Crippen LogP contribution in [0.25, 0.3) is 0 Å². The van der Waals surface area contributed by atoms with Gasteiger partial charge >= 0.3 is 0 Å². The van der Waals surface area contributed by atoms with Crippen LogP contribution >= 0.6 is 0 Å². The Morgan fingerprint density at radius 2 is 2.31 bits per heavy atom. The van der Waals surface area contributed by atoms with E-state index in [9.17, 15) is 0 Å². The summed E-state index contributed by atoms with van der Waals surface area (Å²) in [5, 5.41) is 3.46. The van der Waals surface area contributed by atoms with Crippen molar-refractivity contribution in [1.29, 1.82) is 0 Å². The molecule has 1 saturated heterocycles. The molecular formula is C11H21NO. The second kappa shape index (κ2) is 3.58. The number of ether oxygens (including phenoxy) is 1. The third kappa shape index (κ3) is 1.89. The fourth-order valence-electron chi connectivity index (χ4n) is 2.79. The van der Waals surface area contributed by atoms with Crippen LogP contribution in [0.2, 0.25) is 0 Å². The van der Waals surface area contributed by atoms with E-state index in [0.717, 1.165) is 19.1 Å². The zero-order valence-corrected chi connectivity index (χ0v) is 8.81. The van der Waals surface area contributed by atoms with Crippen LogP contribution in [0, 0.1) is 11.3 Å². The standard InChI is InChI=1S/C11H21NO/c1-3-12-8-10-7-11(10)4-5-13-9(2)6-11/h9-10,12H,3-8H2,1-2H3. The summed E-state index contributed by atoms with van der Waals surface area (Å²) in [7, 11) is 0. The van der Waals surface area contributed by atoms with Gasteiger partial charge in [0, 0.05) is 6.61 Å². The fourth-order valence-corrected chi connectivity index (χ4v) is 2.79. The van der Waals surface area contributed by atoms with Gasteiger partial charge in [0.15, 0.2) is 0 Å². The number of hydrogen-bond donors (Lipinski definition) is 1. The first-order chi connectivity index (χ1) is 6.27. The minimum atomic E-state index is 0.500. The van der Waals surface area contributed by atoms with Crippen molar-refractivity contribution in [2.75, 3.05) is 19.7 Å². The van der Waals surface area contributed by atoms with Gasteiger partial charge in [-0.25, -0.2) is 0 Å². The molecule has 2 nitrogen and oxygen atoms in total. The van der Waals surface area contributed by atoms with Crippen LogP contribution in [0.15, 0.2) is 0 Å². The Bertz CT molecular complexity index is 183. The van der Waals surface area contributed by atoms with E-state index in [0.29, 0.717) is 11.5 Å². The Balaban J connectivity index is 1.80. The highest BCUT2D eigenvalue weighted by molar-refractivity contribution is 5.04. The van der Waals surface area contributed by atoms with Crippen LogP contribution < -0.4 is 5.32 Å². The second-order valence-electron chi connectivity index (χ2n) is 4.71. The first-order valence-corrected chi connectivity index (χ1v) is 5.59. The number of nitrogens with one attached hydrogen (secondary N) is 1. The van der Waals surface area contributed by atoms with Gasteiger partial charge in [0.1, 0.15) is 0 Å². The van der Waals surface area contributed by atoms with E-state index >= 15 is 0 Å². The topological polar surface area (TPSA) is 21.3 Å². The van der Waals surface area contributed by atoms with Gasteiger partial charge in [-0.05, 0) is 50.6 Å². The van der Waals surface area contributed by atoms with E-state index in [1.54, 1.807) is 0 Å². The highest BCUT2D eigenvalue weighted by Crippen LogP contribution is 2.59. The summed E-state index contributed by atoms with van der Waals surface area (Å²) in [6.45, 7) is 7.72. The third-order valence-corrected chi connectivity index (χ3v) is 3.70. The van der Waals surface area contributed by atoms with Gasteiger partial charge in [0.25, 0.3) is 0 Å². The zero-order valence-electron chi connectivity index (χ0n) is 8.81. The van der Waals surface area contributed by atoms with Crippen molar-refractivity contribution >= 4 is 0 Å². The van der Waals surface area contributed by atoms with Crippen molar-refractivity contribution in [3.8, 4) is 0 Å². The predicted molar refractivity (Wildman–Crippen MR) is 53.7 cm³/mol. The maximum absolute atomic E-state index is 5.59. The Morgan fingerprint density at radius 3 is 3.00 bits per heavy atom. The Morgan fingerprint density at radius 1 is 1.46 bits per heavy atom. The quantitative estimate of drug-likeness (QED) is 0.720. The lowest BCUT2D eigenvalue weighted by atomic mass is 9.90. The average molecular weight is 183 g/mol. The van der Waals surface area contributed by atoms with E-state index in [4.69, 9.17) is 4.74 Å². The van der Waals surface area contributed by atoms with Gasteiger partial charge in [-0.3, -0.25) is 0 Å². The molecule has 0 aromatic carbocycles. The maximum atomic E-state index is 5.59. The van der Waals surface area contributed by atoms with E-state index in [1.807, 2.05) is 0 Å². The lowest BCUT2D eigenvalue weighted by Crippen LogP contribution is -2.28. The summed E-state index contributed by atoms with van der Waals surface area (Å²) in [6, 6.07) is 0. The summed E-state index contributed by atoms with van der Waals surface area (Å²) >= 11 is 0. The number of rotatable bonds is 3. The molecule has 0 radical (unpaired) electrons. The molecule has 3 unspecified atom stereocenters. The van der Waals surface area contributed by atoms with Crippen LogP contribution in [0.4, 0.5) is 0 Å². The van der Waals surface area contributed by atoms with Crippen molar-refractivity contribution in [3.63, 3.8) is 0 Å². The molecule has 1 N–H and O–H groups in total. The van der Waals surface area contributed by atoms with Crippen molar-refractivity contribution < 1.29 is 4.74 Å². The van der Waals surface area contributed by atoms with E-state index < -0.39 is 0 Å². The molecule has 1 heterocycles. The highest BCUT2D eigenvalue weighted by atomic mass is 16.5. The molecular weight excluding hydrogens is 162 g/mol. The van der Waals surface area contributed by atoms with Crippen molar-refractivity contribution in [2.24, 2.45) is 11.3 Å². The summed E-state index contributed by atoms with van der Waals surface area (Å²) in [4.78, 5) is 0. The SMILES string of the molecule is CCNCC1CC12CCOC(C)C2. The normalized spacial score (nSPS) is 43.8. The fraction of sp³-hybridized carbons (Fsp3) is 1.00. The summed E-state index contributed by atoms with van der Waals surface area (Å²) in [5.41, 5.74) is 0.680. The summed E-state index contributed by atoms with van der Waals surface area (Å²) < 4.78 is 5.59. The molecule has 13 heavy (non-hydrogen) atoms. The predicted octanol–water partition coefficient (Wildman–Crippen LogP) is 1.80. The molecule has 2 fully saturated rings. The monoisotopic (exact) mass is 183 g/mol. The van der Waals surface area contributed by atoms with Crippen molar-refractivity contribution in [1.82, 2.24) is 5.32 Å². The van der Waals surface area contributed by atoms with E-state index in [-0.39, 0.29) is 0 Å². The summed E-state index contributed by atoms with van der Waals surface area (Å²) in [6.07, 6.45) is 4.53. The first kappa shape index (κ1) is 9.47. The Hall–Kier alpha value is -0.0800. The molecule has 76 valence electrons. The van der Waals surface area contributed by atoms with Gasteiger partial charge in [-0.1, -0.05) is 6.92 Å². The van der Waals surface area contributed by atoms with E-state index in [2.05, 4.69) is 19.2 Å². The molecule has 0 aromatic rings. The largest absolute Gasteiger partial charge is 0.378 e. The molecule has 0 bridgehead atoms. The zero-order chi connectivity index (χ0) is 9.31. The van der Waals surface area contributed by atoms with Crippen LogP contribution in [-0.4, -0.2) is 25.8 Å². The molecule has 2 rings (SSSR count). The molecule has 2 heteroatoms. The van der Waals surface area contributed by atoms with Gasteiger partial charge < -0.3 is 10.1 Å². The molecule has 0 amide bonds. The molecule has 1 saturated carbocycles. The highest BCUT2D eigenvalue weighted by Gasteiger charge is 2.54. The lowest BCUT2D eigenvalue weighted by molar-refractivity contribution is -0.00938. The second-order valence-corrected chi connectivity index (χ2v) is 4.71. The van der Waals surface area contributed by atoms with Gasteiger partial charge in [-0.2, -0.15) is 0 Å². The number of hydrogen-bond acceptors (Lipinski definition) is 2. The first-order valence-electron chi connectivity index (χ1n) is 5.59. The molecule has 1 aliphatic heterocycles. The third-order valence-electron chi connectivity index (χ3n) is 3.70. The van der Waals surface area contributed by atoms with Crippen LogP contribution in [-0.2, 0) is 4.74 Å². The minimum Gasteiger partial charge on any atom is -0.378 e. The van der Waals surface area contributed by atoms with Crippen LogP contribution in [0.5, 0.6) is 0 Å². The average Bonchev–Trinajstić information content (AvgIpc) is 2.74. The summed E-state index contributed by atoms with van der Waals surface area (Å²) in [5.74, 6) is 0.943. The van der Waals surface area contributed by atoms with Crippen LogP contribution in [0.3, 0.4) is 0 Å². The van der Waals surface area contributed by atoms with Gasteiger partial charge in [0.2, 0.25) is 0 Å². The smallest absolute Gasteiger partial charge is 0.0552 e. The van der Waals surface area contributed by atoms with E-state index in [1.165, 1.54) is 25.8 Å².